The quantitative estimate of drug-likeness (QED) is 0.320. The van der Waals surface area contributed by atoms with E-state index < -0.39 is 5.91 Å². The number of amides is 1. The van der Waals surface area contributed by atoms with Gasteiger partial charge in [0.05, 0.1) is 5.71 Å². The Kier molecular flexibility index (Phi) is 6.34. The first kappa shape index (κ1) is 22.5. The summed E-state index contributed by atoms with van der Waals surface area (Å²) in [5.74, 6) is 0.309. The zero-order valence-electron chi connectivity index (χ0n) is 19.4. The molecule has 0 saturated heterocycles. The number of hydrogen-bond acceptors (Lipinski definition) is 8. The van der Waals surface area contributed by atoms with E-state index >= 15 is 0 Å². The fourth-order valence-corrected chi connectivity index (χ4v) is 4.46. The molecule has 5 rings (SSSR count). The third-order valence-corrected chi connectivity index (χ3v) is 6.36. The molecule has 10 heteroatoms. The largest absolute Gasteiger partial charge is 0.378 e. The molecule has 1 fully saturated rings. The number of rotatable bonds is 6. The molecule has 0 atom stereocenters. The third-order valence-electron chi connectivity index (χ3n) is 6.36. The van der Waals surface area contributed by atoms with E-state index in [-0.39, 0.29) is 17.3 Å². The minimum Gasteiger partial charge on any atom is -0.378 e. The summed E-state index contributed by atoms with van der Waals surface area (Å²) in [6, 6.07) is 17.7. The first-order valence-corrected chi connectivity index (χ1v) is 11.7. The average Bonchev–Trinajstić information content (AvgIpc) is 3.54. The first-order valence-electron chi connectivity index (χ1n) is 11.7. The summed E-state index contributed by atoms with van der Waals surface area (Å²) in [5, 5.41) is 19.8. The van der Waals surface area contributed by atoms with Crippen LogP contribution in [0.3, 0.4) is 0 Å². The number of nitrogens with one attached hydrogen (secondary N) is 1. The first-order chi connectivity index (χ1) is 17.1. The van der Waals surface area contributed by atoms with E-state index in [2.05, 4.69) is 55.4 Å². The van der Waals surface area contributed by atoms with Crippen molar-refractivity contribution in [2.45, 2.75) is 44.9 Å². The Morgan fingerprint density at radius 3 is 2.49 bits per heavy atom. The normalized spacial score (nSPS) is 14.7. The molecule has 1 aliphatic rings. The molecule has 1 amide bonds. The molecule has 1 saturated carbocycles. The average molecular weight is 471 g/mol. The summed E-state index contributed by atoms with van der Waals surface area (Å²) in [5.41, 5.74) is 12.6. The monoisotopic (exact) mass is 470 g/mol. The van der Waals surface area contributed by atoms with Crippen LogP contribution < -0.4 is 11.2 Å². The Morgan fingerprint density at radius 1 is 1.06 bits per heavy atom. The molecule has 0 bridgehead atoms. The van der Waals surface area contributed by atoms with Crippen molar-refractivity contribution < 1.29 is 9.42 Å². The molecule has 3 N–H and O–H groups in total. The van der Waals surface area contributed by atoms with Gasteiger partial charge in [0.25, 0.3) is 5.91 Å². The van der Waals surface area contributed by atoms with Crippen LogP contribution in [0.5, 0.6) is 0 Å². The van der Waals surface area contributed by atoms with Gasteiger partial charge in [-0.05, 0) is 47.1 Å². The van der Waals surface area contributed by atoms with Crippen molar-refractivity contribution in [1.29, 1.82) is 0 Å². The predicted molar refractivity (Wildman–Crippen MR) is 131 cm³/mol. The second-order valence-corrected chi connectivity index (χ2v) is 8.63. The van der Waals surface area contributed by atoms with Gasteiger partial charge in [-0.25, -0.2) is 10.1 Å². The van der Waals surface area contributed by atoms with Gasteiger partial charge in [-0.1, -0.05) is 79.1 Å². The molecule has 0 radical (unpaired) electrons. The number of anilines is 1. The molecule has 2 aromatic carbocycles. The molecule has 0 aliphatic heterocycles. The zero-order valence-corrected chi connectivity index (χ0v) is 19.4. The minimum absolute atomic E-state index is 0.0320. The van der Waals surface area contributed by atoms with Crippen LogP contribution in [-0.4, -0.2) is 36.9 Å². The molecule has 0 unspecified atom stereocenters. The van der Waals surface area contributed by atoms with Crippen molar-refractivity contribution in [2.24, 2.45) is 5.10 Å². The summed E-state index contributed by atoms with van der Waals surface area (Å²) in [7, 11) is 0. The van der Waals surface area contributed by atoms with E-state index in [9.17, 15) is 4.79 Å². The van der Waals surface area contributed by atoms with Gasteiger partial charge in [-0.2, -0.15) is 9.78 Å². The van der Waals surface area contributed by atoms with Gasteiger partial charge in [0.2, 0.25) is 11.6 Å². The maximum absolute atomic E-state index is 13.1. The highest BCUT2D eigenvalue weighted by Crippen LogP contribution is 2.32. The Morgan fingerprint density at radius 2 is 1.80 bits per heavy atom. The molecule has 1 aliphatic carbocycles. The number of aromatic nitrogens is 5. The maximum Gasteiger partial charge on any atom is 0.294 e. The second kappa shape index (κ2) is 9.88. The number of carbonyl (C=O) groups excluding carboxylic acids is 1. The standard InChI is InChI=1S/C25H26N8O2/c1-16(17-12-14-19(15-13-17)18-8-4-2-5-9-18)27-29-25(34)21-22(20-10-6-3-7-11-20)33(32-28-21)24-23(26)30-35-31-24/h3,6-7,10-15,18H,2,4-5,8-9H2,1H3,(H2,26,30)(H,29,34). The third kappa shape index (κ3) is 4.68. The molecule has 35 heavy (non-hydrogen) atoms. The number of nitrogens with two attached hydrogens (primary N) is 1. The summed E-state index contributed by atoms with van der Waals surface area (Å²) in [4.78, 5) is 13.1. The van der Waals surface area contributed by atoms with E-state index in [0.717, 1.165) is 5.56 Å². The topological polar surface area (TPSA) is 137 Å². The van der Waals surface area contributed by atoms with Crippen molar-refractivity contribution >= 4 is 17.4 Å². The van der Waals surface area contributed by atoms with Crippen molar-refractivity contribution in [3.05, 3.63) is 71.4 Å². The van der Waals surface area contributed by atoms with Crippen molar-refractivity contribution in [3.8, 4) is 17.1 Å². The number of benzene rings is 2. The highest BCUT2D eigenvalue weighted by Gasteiger charge is 2.25. The van der Waals surface area contributed by atoms with Crippen LogP contribution in [0.25, 0.3) is 17.1 Å². The van der Waals surface area contributed by atoms with Crippen LogP contribution in [0.2, 0.25) is 0 Å². The Hall–Kier alpha value is -4.34. The molecule has 4 aromatic rings. The van der Waals surface area contributed by atoms with Crippen LogP contribution in [0.15, 0.2) is 64.3 Å². The lowest BCUT2D eigenvalue weighted by Crippen LogP contribution is -2.21. The van der Waals surface area contributed by atoms with Crippen LogP contribution >= 0.6 is 0 Å². The lowest BCUT2D eigenvalue weighted by molar-refractivity contribution is 0.0950. The predicted octanol–water partition coefficient (Wildman–Crippen LogP) is 4.10. The van der Waals surface area contributed by atoms with E-state index in [0.29, 0.717) is 22.9 Å². The van der Waals surface area contributed by atoms with Crippen LogP contribution in [-0.2, 0) is 0 Å². The number of hydrogen-bond donors (Lipinski definition) is 2. The SMILES string of the molecule is CC(=NNC(=O)c1nnn(-c2nonc2N)c1-c1ccccc1)c1ccc(C2CCCCC2)cc1. The Balaban J connectivity index is 1.38. The Labute approximate surface area is 202 Å². The van der Waals surface area contributed by atoms with Gasteiger partial charge in [0.15, 0.2) is 5.69 Å². The minimum atomic E-state index is -0.511. The fraction of sp³-hybridized carbons (Fsp3) is 0.280. The zero-order chi connectivity index (χ0) is 24.2. The van der Waals surface area contributed by atoms with Gasteiger partial charge >= 0.3 is 0 Å². The van der Waals surface area contributed by atoms with Crippen molar-refractivity contribution in [1.82, 2.24) is 30.7 Å². The summed E-state index contributed by atoms with van der Waals surface area (Å²) in [6.45, 7) is 1.85. The van der Waals surface area contributed by atoms with Gasteiger partial charge in [0.1, 0.15) is 5.69 Å². The molecule has 0 spiro atoms. The molecule has 2 aromatic heterocycles. The highest BCUT2D eigenvalue weighted by atomic mass is 16.6. The number of carbonyl (C=O) groups is 1. The summed E-state index contributed by atoms with van der Waals surface area (Å²) in [6.07, 6.45) is 6.44. The molecular weight excluding hydrogens is 444 g/mol. The van der Waals surface area contributed by atoms with Crippen molar-refractivity contribution in [3.63, 3.8) is 0 Å². The van der Waals surface area contributed by atoms with Gasteiger partial charge in [0, 0.05) is 5.56 Å². The highest BCUT2D eigenvalue weighted by molar-refractivity contribution is 6.02. The Bertz CT molecular complexity index is 1340. The van der Waals surface area contributed by atoms with Crippen molar-refractivity contribution in [2.75, 3.05) is 5.73 Å². The lowest BCUT2D eigenvalue weighted by atomic mass is 9.84. The van der Waals surface area contributed by atoms with Crippen LogP contribution in [0, 0.1) is 0 Å². The van der Waals surface area contributed by atoms with Crippen LogP contribution in [0.4, 0.5) is 5.82 Å². The number of hydrazone groups is 1. The number of nitrogen functional groups attached to an aromatic ring is 1. The second-order valence-electron chi connectivity index (χ2n) is 8.63. The molecule has 2 heterocycles. The van der Waals surface area contributed by atoms with E-state index in [1.807, 2.05) is 37.3 Å². The van der Waals surface area contributed by atoms with Gasteiger partial charge < -0.3 is 5.73 Å². The smallest absolute Gasteiger partial charge is 0.294 e. The van der Waals surface area contributed by atoms with Gasteiger partial charge in [-0.3, -0.25) is 4.79 Å². The molecule has 10 nitrogen and oxygen atoms in total. The summed E-state index contributed by atoms with van der Waals surface area (Å²) < 4.78 is 6.03. The van der Waals surface area contributed by atoms with Gasteiger partial charge in [-0.15, -0.1) is 5.10 Å². The fourth-order valence-electron chi connectivity index (χ4n) is 4.46. The lowest BCUT2D eigenvalue weighted by Gasteiger charge is -2.22. The van der Waals surface area contributed by atoms with E-state index in [1.54, 1.807) is 0 Å². The molecule has 178 valence electrons. The molecular formula is C25H26N8O2. The number of nitrogens with zero attached hydrogens (tertiary/aromatic N) is 6. The maximum atomic E-state index is 13.1. The van der Waals surface area contributed by atoms with E-state index in [1.165, 1.54) is 42.3 Å². The van der Waals surface area contributed by atoms with E-state index in [4.69, 9.17) is 10.4 Å². The van der Waals surface area contributed by atoms with Crippen LogP contribution in [0.1, 0.15) is 66.6 Å². The summed E-state index contributed by atoms with van der Waals surface area (Å²) >= 11 is 0.